The smallest absolute Gasteiger partial charge is 0.255 e. The van der Waals surface area contributed by atoms with Crippen molar-refractivity contribution in [3.05, 3.63) is 28.6 Å². The summed E-state index contributed by atoms with van der Waals surface area (Å²) in [6, 6.07) is 0. The van der Waals surface area contributed by atoms with Crippen LogP contribution in [0.1, 0.15) is 72.6 Å². The molecule has 3 aromatic heterocycles. The molecule has 160 valence electrons. The highest BCUT2D eigenvalue weighted by Crippen LogP contribution is 2.41. The minimum absolute atomic E-state index is 0.237. The first-order valence-corrected chi connectivity index (χ1v) is 10.3. The van der Waals surface area contributed by atoms with Crippen molar-refractivity contribution in [2.45, 2.75) is 86.2 Å². The molecule has 0 atom stereocenters. The van der Waals surface area contributed by atoms with E-state index in [2.05, 4.69) is 57.5 Å². The Kier molecular flexibility index (Phi) is 5.31. The molecule has 0 aliphatic rings. The lowest BCUT2D eigenvalue weighted by atomic mass is 9.91. The molecule has 3 rings (SSSR count). The number of nitrogens with zero attached hydrogens (tertiary/aromatic N) is 9. The molecule has 0 N–H and O–H groups in total. The molecule has 3 heterocycles. The molecule has 0 aromatic carbocycles. The van der Waals surface area contributed by atoms with E-state index in [0.717, 1.165) is 29.4 Å². The van der Waals surface area contributed by atoms with E-state index in [0.29, 0.717) is 23.7 Å². The van der Waals surface area contributed by atoms with Gasteiger partial charge in [0.2, 0.25) is 0 Å². The summed E-state index contributed by atoms with van der Waals surface area (Å²) < 4.78 is 5.46. The molecule has 3 aromatic rings. The maximum absolute atomic E-state index is 7.73. The number of hydrogen-bond donors (Lipinski definition) is 0. The molecular weight excluding hydrogens is 378 g/mol. The van der Waals surface area contributed by atoms with Crippen LogP contribution in [0.4, 0.5) is 17.2 Å². The van der Waals surface area contributed by atoms with E-state index in [1.54, 1.807) is 9.31 Å². The number of rotatable bonds is 4. The maximum atomic E-state index is 7.73. The van der Waals surface area contributed by atoms with Crippen LogP contribution in [-0.4, -0.2) is 29.2 Å². The van der Waals surface area contributed by atoms with Crippen molar-refractivity contribution in [2.24, 2.45) is 10.2 Å². The Morgan fingerprint density at radius 2 is 1.53 bits per heavy atom. The Morgan fingerprint density at radius 3 is 2.03 bits per heavy atom. The molecule has 0 spiro atoms. The zero-order valence-electron chi connectivity index (χ0n) is 19.4. The van der Waals surface area contributed by atoms with Gasteiger partial charge < -0.3 is 4.57 Å². The van der Waals surface area contributed by atoms with Gasteiger partial charge in [0.25, 0.3) is 5.69 Å². The van der Waals surface area contributed by atoms with Gasteiger partial charge in [-0.1, -0.05) is 41.5 Å². The fourth-order valence-corrected chi connectivity index (χ4v) is 3.48. The van der Waals surface area contributed by atoms with E-state index < -0.39 is 0 Å². The molecule has 0 bridgehead atoms. The lowest BCUT2D eigenvalue weighted by Gasteiger charge is -2.15. The summed E-state index contributed by atoms with van der Waals surface area (Å²) in [7, 11) is 0. The molecule has 0 amide bonds. The van der Waals surface area contributed by atoms with Gasteiger partial charge in [0, 0.05) is 18.5 Å². The van der Waals surface area contributed by atoms with Gasteiger partial charge in [0.05, 0.1) is 18.0 Å². The van der Waals surface area contributed by atoms with Crippen LogP contribution in [0.3, 0.4) is 0 Å². The summed E-state index contributed by atoms with van der Waals surface area (Å²) in [5.41, 5.74) is 3.00. The Hall–Kier alpha value is -3.02. The van der Waals surface area contributed by atoms with Crippen molar-refractivity contribution >= 4 is 22.8 Å². The van der Waals surface area contributed by atoms with Crippen molar-refractivity contribution in [3.8, 4) is 0 Å². The Labute approximate surface area is 177 Å². The number of azo groups is 1. The second kappa shape index (κ2) is 7.35. The van der Waals surface area contributed by atoms with Gasteiger partial charge in [0.15, 0.2) is 17.2 Å². The van der Waals surface area contributed by atoms with Crippen molar-refractivity contribution in [1.82, 2.24) is 29.2 Å². The second-order valence-corrected chi connectivity index (χ2v) is 9.45. The van der Waals surface area contributed by atoms with E-state index in [4.69, 9.17) is 11.7 Å². The minimum Gasteiger partial charge on any atom is -0.310 e. The second-order valence-electron chi connectivity index (χ2n) is 9.45. The van der Waals surface area contributed by atoms with Gasteiger partial charge in [-0.3, -0.25) is 4.68 Å². The molecular formula is C21H31N9. The number of aromatic nitrogens is 6. The molecule has 0 fully saturated rings. The predicted octanol–water partition coefficient (Wildman–Crippen LogP) is 5.64. The summed E-state index contributed by atoms with van der Waals surface area (Å²) in [4.78, 5) is 3.75. The van der Waals surface area contributed by atoms with Crippen molar-refractivity contribution < 1.29 is 0 Å². The van der Waals surface area contributed by atoms with Gasteiger partial charge >= 0.3 is 0 Å². The molecule has 0 radical (unpaired) electrons. The third-order valence-electron chi connectivity index (χ3n) is 5.00. The average molecular weight is 410 g/mol. The van der Waals surface area contributed by atoms with E-state index in [-0.39, 0.29) is 10.8 Å². The van der Waals surface area contributed by atoms with Crippen LogP contribution in [0.15, 0.2) is 10.2 Å². The van der Waals surface area contributed by atoms with E-state index >= 15 is 0 Å². The minimum atomic E-state index is -0.260. The molecule has 0 aliphatic carbocycles. The van der Waals surface area contributed by atoms with Crippen molar-refractivity contribution in [3.63, 3.8) is 0 Å². The van der Waals surface area contributed by atoms with Gasteiger partial charge in [-0.05, 0) is 26.2 Å². The first-order valence-electron chi connectivity index (χ1n) is 10.3. The zero-order valence-corrected chi connectivity index (χ0v) is 19.4. The highest BCUT2D eigenvalue weighted by atomic mass is 15.5. The fraction of sp³-hybridized carbons (Fsp3) is 0.619. The lowest BCUT2D eigenvalue weighted by Crippen LogP contribution is -2.13. The van der Waals surface area contributed by atoms with Crippen molar-refractivity contribution in [2.75, 3.05) is 0 Å². The van der Waals surface area contributed by atoms with Gasteiger partial charge in [-0.2, -0.15) is 10.2 Å². The molecule has 9 heteroatoms. The molecule has 9 nitrogen and oxygen atoms in total. The quantitative estimate of drug-likeness (QED) is 0.413. The van der Waals surface area contributed by atoms with Gasteiger partial charge in [0.1, 0.15) is 5.82 Å². The highest BCUT2D eigenvalue weighted by molar-refractivity contribution is 5.70. The van der Waals surface area contributed by atoms with Gasteiger partial charge in [-0.25, -0.2) is 4.85 Å². The number of hydrogen-bond acceptors (Lipinski definition) is 5. The summed E-state index contributed by atoms with van der Waals surface area (Å²) >= 11 is 0. The Balaban J connectivity index is 2.27. The zero-order chi connectivity index (χ0) is 22.4. The standard InChI is InChI=1S/C21H31N9/c1-11-28-13(3)25-30-19(28)15(17(27-30)21(7,8)9)23-24-18-14(22-10)16(20(4,5)6)26-29(18)12-2/h11-12H2,1-9H3. The number of fused-ring (bicyclic) bond motifs is 1. The lowest BCUT2D eigenvalue weighted by molar-refractivity contribution is 0.542. The third kappa shape index (κ3) is 3.51. The Morgan fingerprint density at radius 1 is 0.900 bits per heavy atom. The van der Waals surface area contributed by atoms with Gasteiger partial charge in [-0.15, -0.1) is 20.0 Å². The molecule has 0 aliphatic heterocycles. The molecule has 0 saturated heterocycles. The van der Waals surface area contributed by atoms with Crippen LogP contribution < -0.4 is 0 Å². The summed E-state index contributed by atoms with van der Waals surface area (Å²) in [5, 5.41) is 23.1. The van der Waals surface area contributed by atoms with Crippen LogP contribution in [-0.2, 0) is 23.9 Å². The van der Waals surface area contributed by atoms with E-state index in [9.17, 15) is 0 Å². The average Bonchev–Trinajstić information content (AvgIpc) is 3.27. The first kappa shape index (κ1) is 21.7. The van der Waals surface area contributed by atoms with Crippen LogP contribution in [0.5, 0.6) is 0 Å². The monoisotopic (exact) mass is 409 g/mol. The predicted molar refractivity (Wildman–Crippen MR) is 117 cm³/mol. The van der Waals surface area contributed by atoms with E-state index in [1.807, 2.05) is 34.6 Å². The highest BCUT2D eigenvalue weighted by Gasteiger charge is 2.29. The number of aryl methyl sites for hydroxylation is 3. The summed E-state index contributed by atoms with van der Waals surface area (Å²) in [5.74, 6) is 1.35. The summed E-state index contributed by atoms with van der Waals surface area (Å²) in [6.45, 7) is 27.5. The molecule has 0 unspecified atom stereocenters. The Bertz CT molecular complexity index is 1150. The largest absolute Gasteiger partial charge is 0.310 e. The third-order valence-corrected chi connectivity index (χ3v) is 5.00. The first-order chi connectivity index (χ1) is 13.9. The van der Waals surface area contributed by atoms with Crippen LogP contribution in [0.2, 0.25) is 0 Å². The van der Waals surface area contributed by atoms with Crippen LogP contribution in [0.25, 0.3) is 10.5 Å². The topological polar surface area (TPSA) is 82.0 Å². The molecule has 0 saturated carbocycles. The fourth-order valence-electron chi connectivity index (χ4n) is 3.48. The summed E-state index contributed by atoms with van der Waals surface area (Å²) in [6.07, 6.45) is 0. The van der Waals surface area contributed by atoms with Crippen LogP contribution >= 0.6 is 0 Å². The van der Waals surface area contributed by atoms with E-state index in [1.165, 1.54) is 0 Å². The normalized spacial score (nSPS) is 12.9. The SMILES string of the molecule is [C-]#[N+]c1c(C(C)(C)C)nn(CC)c1N=Nc1c(C(C)(C)C)nn2nc(C)n(CC)c12. The molecule has 30 heavy (non-hydrogen) atoms. The maximum Gasteiger partial charge on any atom is 0.255 e. The van der Waals surface area contributed by atoms with Crippen molar-refractivity contribution in [1.29, 1.82) is 0 Å². The van der Waals surface area contributed by atoms with Crippen LogP contribution in [0, 0.1) is 13.5 Å².